The van der Waals surface area contributed by atoms with Crippen molar-refractivity contribution in [2.75, 3.05) is 40.6 Å². The quantitative estimate of drug-likeness (QED) is 0.246. The molecule has 0 aromatic heterocycles. The summed E-state index contributed by atoms with van der Waals surface area (Å²) >= 11 is 0. The van der Waals surface area contributed by atoms with Crippen LogP contribution in [0.1, 0.15) is 33.6 Å². The van der Waals surface area contributed by atoms with Crippen LogP contribution in [0.3, 0.4) is 0 Å². The first-order chi connectivity index (χ1) is 11.5. The molecule has 0 bridgehead atoms. The topological polar surface area (TPSA) is 83.5 Å². The highest BCUT2D eigenvalue weighted by Gasteiger charge is 2.30. The van der Waals surface area contributed by atoms with Crippen LogP contribution in [0.15, 0.2) is 0 Å². The normalized spacial score (nSPS) is 14.1. The Balaban J connectivity index is 4.99. The molecule has 0 rings (SSSR count). The highest BCUT2D eigenvalue weighted by Crippen LogP contribution is 2.10. The minimum atomic E-state index is -1.31. The molecule has 2 unspecified atom stereocenters. The van der Waals surface area contributed by atoms with Gasteiger partial charge in [-0.15, -0.1) is 0 Å². The van der Waals surface area contributed by atoms with Gasteiger partial charge in [0.1, 0.15) is 6.04 Å². The average Bonchev–Trinajstić information content (AvgIpc) is 2.55. The summed E-state index contributed by atoms with van der Waals surface area (Å²) in [5.41, 5.74) is 0. The molecule has 0 aromatic rings. The Kier molecular flexibility index (Phi) is 13.7. The summed E-state index contributed by atoms with van der Waals surface area (Å²) in [5.74, 6) is -0.860. The maximum atomic E-state index is 12.3. The van der Waals surface area contributed by atoms with Crippen molar-refractivity contribution in [3.63, 3.8) is 0 Å². The van der Waals surface area contributed by atoms with Crippen LogP contribution in [0.25, 0.3) is 0 Å². The number of hydrogen-bond acceptors (Lipinski definition) is 8. The molecule has 0 heterocycles. The maximum absolute atomic E-state index is 12.3. The lowest BCUT2D eigenvalue weighted by Crippen LogP contribution is -2.48. The van der Waals surface area contributed by atoms with E-state index in [9.17, 15) is 9.59 Å². The minimum absolute atomic E-state index is 0.0506. The van der Waals surface area contributed by atoms with Crippen LogP contribution in [0.2, 0.25) is 0 Å². The zero-order chi connectivity index (χ0) is 18.4. The number of methoxy groups -OCH3 is 2. The SMILES string of the molecule is CCCN([SiH2]OC(COC)OC)C(CC(=O)OCC)C(=O)OCC. The van der Waals surface area contributed by atoms with E-state index in [4.69, 9.17) is 23.4 Å². The van der Waals surface area contributed by atoms with Crippen molar-refractivity contribution in [2.24, 2.45) is 0 Å². The molecule has 0 amide bonds. The molecular weight excluding hydrogens is 334 g/mol. The number of nitrogens with zero attached hydrogens (tertiary/aromatic N) is 1. The van der Waals surface area contributed by atoms with Crippen molar-refractivity contribution in [3.8, 4) is 0 Å². The Morgan fingerprint density at radius 1 is 1.08 bits per heavy atom. The first-order valence-corrected chi connectivity index (χ1v) is 9.44. The molecule has 0 saturated carbocycles. The number of rotatable bonds is 14. The summed E-state index contributed by atoms with van der Waals surface area (Å²) in [6.45, 7) is 6.91. The van der Waals surface area contributed by atoms with Crippen LogP contribution < -0.4 is 0 Å². The van der Waals surface area contributed by atoms with E-state index in [1.807, 2.05) is 11.5 Å². The van der Waals surface area contributed by atoms with Crippen molar-refractivity contribution in [1.29, 1.82) is 0 Å². The Morgan fingerprint density at radius 2 is 1.75 bits per heavy atom. The Morgan fingerprint density at radius 3 is 2.25 bits per heavy atom. The molecule has 8 nitrogen and oxygen atoms in total. The summed E-state index contributed by atoms with van der Waals surface area (Å²) in [6.07, 6.45) is 0.272. The van der Waals surface area contributed by atoms with Crippen molar-refractivity contribution >= 4 is 21.9 Å². The van der Waals surface area contributed by atoms with Crippen LogP contribution in [-0.2, 0) is 33.0 Å². The smallest absolute Gasteiger partial charge is 0.323 e. The third-order valence-electron chi connectivity index (χ3n) is 3.17. The molecule has 0 saturated heterocycles. The van der Waals surface area contributed by atoms with E-state index in [1.54, 1.807) is 21.0 Å². The fraction of sp³-hybridized carbons (Fsp3) is 0.867. The second kappa shape index (κ2) is 14.3. The largest absolute Gasteiger partial charge is 0.466 e. The molecule has 0 N–H and O–H groups in total. The molecule has 0 spiro atoms. The van der Waals surface area contributed by atoms with Gasteiger partial charge in [0.05, 0.1) is 26.2 Å². The van der Waals surface area contributed by atoms with Gasteiger partial charge >= 0.3 is 11.9 Å². The molecule has 0 aromatic carbocycles. The number of esters is 2. The predicted octanol–water partition coefficient (Wildman–Crippen LogP) is 0.218. The molecule has 0 radical (unpaired) electrons. The third-order valence-corrected chi connectivity index (χ3v) is 4.78. The molecule has 0 aliphatic carbocycles. The average molecular weight is 365 g/mol. The first kappa shape index (κ1) is 23.0. The van der Waals surface area contributed by atoms with Crippen LogP contribution in [0.4, 0.5) is 0 Å². The van der Waals surface area contributed by atoms with Gasteiger partial charge in [-0.2, -0.15) is 0 Å². The Labute approximate surface area is 146 Å². The highest BCUT2D eigenvalue weighted by molar-refractivity contribution is 6.24. The van der Waals surface area contributed by atoms with Gasteiger partial charge in [-0.1, -0.05) is 6.92 Å². The number of ether oxygens (including phenoxy) is 4. The van der Waals surface area contributed by atoms with Crippen molar-refractivity contribution in [2.45, 2.75) is 45.9 Å². The number of hydrogen-bond donors (Lipinski definition) is 0. The van der Waals surface area contributed by atoms with Gasteiger partial charge in [0.2, 0.25) is 9.92 Å². The highest BCUT2D eigenvalue weighted by atomic mass is 28.2. The fourth-order valence-electron chi connectivity index (χ4n) is 2.07. The van der Waals surface area contributed by atoms with E-state index in [1.165, 1.54) is 7.11 Å². The van der Waals surface area contributed by atoms with Crippen LogP contribution in [-0.4, -0.2) is 79.3 Å². The van der Waals surface area contributed by atoms with Gasteiger partial charge in [0.25, 0.3) is 0 Å². The van der Waals surface area contributed by atoms with Gasteiger partial charge in [0.15, 0.2) is 6.29 Å². The van der Waals surface area contributed by atoms with E-state index in [0.29, 0.717) is 13.2 Å². The maximum Gasteiger partial charge on any atom is 0.323 e. The third kappa shape index (κ3) is 9.33. The van der Waals surface area contributed by atoms with Gasteiger partial charge in [0, 0.05) is 14.2 Å². The monoisotopic (exact) mass is 365 g/mol. The first-order valence-electron chi connectivity index (χ1n) is 8.23. The molecule has 0 fully saturated rings. The minimum Gasteiger partial charge on any atom is -0.466 e. The second-order valence-corrected chi connectivity index (χ2v) is 6.41. The zero-order valence-electron chi connectivity index (χ0n) is 15.4. The molecule has 0 aliphatic rings. The van der Waals surface area contributed by atoms with Crippen LogP contribution in [0.5, 0.6) is 0 Å². The number of carbonyl (C=O) groups excluding carboxylic acids is 2. The summed E-state index contributed by atoms with van der Waals surface area (Å²) in [4.78, 5) is 24.1. The molecule has 9 heteroatoms. The molecule has 24 heavy (non-hydrogen) atoms. The lowest BCUT2D eigenvalue weighted by molar-refractivity contribution is -0.155. The Bertz CT molecular complexity index is 357. The van der Waals surface area contributed by atoms with Crippen molar-refractivity contribution in [3.05, 3.63) is 0 Å². The van der Waals surface area contributed by atoms with E-state index in [0.717, 1.165) is 6.42 Å². The van der Waals surface area contributed by atoms with Crippen molar-refractivity contribution < 1.29 is 33.0 Å². The summed E-state index contributed by atoms with van der Waals surface area (Å²) in [6, 6.07) is -0.698. The summed E-state index contributed by atoms with van der Waals surface area (Å²) in [5, 5.41) is 0. The van der Waals surface area contributed by atoms with Gasteiger partial charge in [-0.3, -0.25) is 14.2 Å². The standard InChI is InChI=1S/C15H31NO7Si/c1-6-9-16(24-23-14(20-5)11-19-4)12(15(18)22-8-3)10-13(17)21-7-2/h12,14H,6-11,24H2,1-5H3. The second-order valence-electron chi connectivity index (χ2n) is 5.01. The van der Waals surface area contributed by atoms with Crippen LogP contribution in [0, 0.1) is 0 Å². The van der Waals surface area contributed by atoms with E-state index in [-0.39, 0.29) is 19.6 Å². The van der Waals surface area contributed by atoms with Crippen molar-refractivity contribution in [1.82, 2.24) is 4.57 Å². The Hall–Kier alpha value is -1.00. The van der Waals surface area contributed by atoms with E-state index in [2.05, 4.69) is 0 Å². The van der Waals surface area contributed by atoms with E-state index < -0.39 is 34.2 Å². The molecular formula is C15H31NO7Si. The zero-order valence-corrected chi connectivity index (χ0v) is 16.8. The summed E-state index contributed by atoms with van der Waals surface area (Å²) in [7, 11) is 1.78. The lowest BCUT2D eigenvalue weighted by Gasteiger charge is -2.30. The van der Waals surface area contributed by atoms with Gasteiger partial charge < -0.3 is 23.4 Å². The molecule has 0 aliphatic heterocycles. The fourth-order valence-corrected chi connectivity index (χ4v) is 3.57. The lowest BCUT2D eigenvalue weighted by atomic mass is 10.2. The van der Waals surface area contributed by atoms with Gasteiger partial charge in [-0.05, 0) is 26.8 Å². The van der Waals surface area contributed by atoms with Crippen LogP contribution >= 0.6 is 0 Å². The molecule has 2 atom stereocenters. The summed E-state index contributed by atoms with van der Waals surface area (Å²) < 4.78 is 27.9. The van der Waals surface area contributed by atoms with Gasteiger partial charge in [-0.25, -0.2) is 0 Å². The van der Waals surface area contributed by atoms with E-state index >= 15 is 0 Å². The molecule has 142 valence electrons. The predicted molar refractivity (Wildman–Crippen MR) is 91.0 cm³/mol. The number of carbonyl (C=O) groups is 2.